The Morgan fingerprint density at radius 2 is 1.94 bits per heavy atom. The molecule has 0 saturated heterocycles. The number of benzene rings is 1. The molecule has 0 unspecified atom stereocenters. The highest BCUT2D eigenvalue weighted by Gasteiger charge is 1.99. The predicted octanol–water partition coefficient (Wildman–Crippen LogP) is 2.01. The monoisotopic (exact) mass is 306 g/mol. The summed E-state index contributed by atoms with van der Waals surface area (Å²) < 4.78 is 1.76. The molecule has 18 heavy (non-hydrogen) atoms. The number of halogens is 1. The van der Waals surface area contributed by atoms with Crippen molar-refractivity contribution in [2.45, 2.75) is 6.54 Å². The Morgan fingerprint density at radius 1 is 1.22 bits per heavy atom. The summed E-state index contributed by atoms with van der Waals surface area (Å²) in [5.74, 6) is 0. The van der Waals surface area contributed by atoms with Crippen molar-refractivity contribution in [2.75, 3.05) is 0 Å². The summed E-state index contributed by atoms with van der Waals surface area (Å²) in [6.07, 6.45) is 5.27. The number of aromatic nitrogens is 2. The van der Waals surface area contributed by atoms with Gasteiger partial charge in [-0.2, -0.15) is 0 Å². The van der Waals surface area contributed by atoms with Gasteiger partial charge in [0.15, 0.2) is 0 Å². The van der Waals surface area contributed by atoms with Gasteiger partial charge in [-0.1, -0.05) is 42.5 Å². The zero-order chi connectivity index (χ0) is 13.0. The molecular formula is C13H11BrN2O2. The molecule has 0 aliphatic carbocycles. The maximum absolute atomic E-state index is 11.5. The second-order valence-corrected chi connectivity index (χ2v) is 4.56. The Balaban J connectivity index is 2.16. The highest BCUT2D eigenvalue weighted by atomic mass is 79.9. The van der Waals surface area contributed by atoms with E-state index in [4.69, 9.17) is 0 Å². The van der Waals surface area contributed by atoms with Gasteiger partial charge in [0.05, 0.1) is 4.47 Å². The van der Waals surface area contributed by atoms with Crippen LogP contribution in [0.2, 0.25) is 0 Å². The van der Waals surface area contributed by atoms with Crippen LogP contribution in [-0.4, -0.2) is 9.55 Å². The summed E-state index contributed by atoms with van der Waals surface area (Å²) in [6, 6.07) is 9.79. The largest absolute Gasteiger partial charge is 0.328 e. The SMILES string of the molecule is O=c1[nH]c(=O)n(CC=Cc2ccccc2)cc1Br. The van der Waals surface area contributed by atoms with E-state index < -0.39 is 11.2 Å². The highest BCUT2D eigenvalue weighted by molar-refractivity contribution is 9.10. The van der Waals surface area contributed by atoms with Gasteiger partial charge in [-0.3, -0.25) is 14.3 Å². The fourth-order valence-corrected chi connectivity index (χ4v) is 1.83. The van der Waals surface area contributed by atoms with E-state index in [1.165, 1.54) is 10.8 Å². The van der Waals surface area contributed by atoms with E-state index in [1.54, 1.807) is 0 Å². The van der Waals surface area contributed by atoms with Gasteiger partial charge >= 0.3 is 5.69 Å². The van der Waals surface area contributed by atoms with Crippen LogP contribution in [0.4, 0.5) is 0 Å². The van der Waals surface area contributed by atoms with Gasteiger partial charge in [-0.25, -0.2) is 4.79 Å². The first kappa shape index (κ1) is 12.6. The molecule has 1 N–H and O–H groups in total. The number of allylic oxidation sites excluding steroid dienone is 1. The number of hydrogen-bond donors (Lipinski definition) is 1. The lowest BCUT2D eigenvalue weighted by atomic mass is 10.2. The quantitative estimate of drug-likeness (QED) is 0.943. The standard InChI is InChI=1S/C13H11BrN2O2/c14-11-9-16(13(18)15-12(11)17)8-4-7-10-5-2-1-3-6-10/h1-7,9H,8H2,(H,15,17,18). The minimum Gasteiger partial charge on any atom is -0.296 e. The Morgan fingerprint density at radius 3 is 2.67 bits per heavy atom. The number of H-pyrrole nitrogens is 1. The van der Waals surface area contributed by atoms with Crippen LogP contribution in [0, 0.1) is 0 Å². The summed E-state index contributed by atoms with van der Waals surface area (Å²) >= 11 is 3.09. The van der Waals surface area contributed by atoms with Crippen molar-refractivity contribution in [1.29, 1.82) is 0 Å². The lowest BCUT2D eigenvalue weighted by Crippen LogP contribution is -2.29. The molecule has 0 radical (unpaired) electrons. The van der Waals surface area contributed by atoms with Crippen molar-refractivity contribution < 1.29 is 0 Å². The fourth-order valence-electron chi connectivity index (χ4n) is 1.48. The Hall–Kier alpha value is -1.88. The summed E-state index contributed by atoms with van der Waals surface area (Å²) in [5.41, 5.74) is 0.234. The minimum absolute atomic E-state index is 0.343. The molecule has 5 heteroatoms. The maximum Gasteiger partial charge on any atom is 0.328 e. The van der Waals surface area contributed by atoms with Crippen molar-refractivity contribution in [3.63, 3.8) is 0 Å². The van der Waals surface area contributed by atoms with Crippen molar-refractivity contribution >= 4 is 22.0 Å². The second-order valence-electron chi connectivity index (χ2n) is 3.70. The summed E-state index contributed by atoms with van der Waals surface area (Å²) in [6.45, 7) is 0.406. The van der Waals surface area contributed by atoms with Gasteiger partial charge in [-0.05, 0) is 21.5 Å². The number of nitrogens with one attached hydrogen (secondary N) is 1. The van der Waals surface area contributed by atoms with E-state index in [0.717, 1.165) is 5.56 Å². The molecule has 1 aromatic carbocycles. The average Bonchev–Trinajstić information content (AvgIpc) is 2.37. The third-order valence-corrected chi connectivity index (χ3v) is 2.94. The zero-order valence-corrected chi connectivity index (χ0v) is 11.1. The first-order chi connectivity index (χ1) is 8.66. The summed E-state index contributed by atoms with van der Waals surface area (Å²) in [4.78, 5) is 24.9. The molecule has 0 saturated carbocycles. The lowest BCUT2D eigenvalue weighted by Gasteiger charge is -2.01. The van der Waals surface area contributed by atoms with E-state index in [-0.39, 0.29) is 0 Å². The lowest BCUT2D eigenvalue weighted by molar-refractivity contribution is 0.732. The van der Waals surface area contributed by atoms with Gasteiger partial charge in [-0.15, -0.1) is 0 Å². The van der Waals surface area contributed by atoms with Crippen LogP contribution < -0.4 is 11.2 Å². The van der Waals surface area contributed by atoms with E-state index in [9.17, 15) is 9.59 Å². The van der Waals surface area contributed by atoms with Gasteiger partial charge < -0.3 is 0 Å². The van der Waals surface area contributed by atoms with Crippen LogP contribution in [0.25, 0.3) is 6.08 Å². The Kier molecular flexibility index (Phi) is 3.94. The van der Waals surface area contributed by atoms with Crippen molar-refractivity contribution in [3.8, 4) is 0 Å². The maximum atomic E-state index is 11.5. The molecule has 0 fully saturated rings. The molecule has 0 spiro atoms. The van der Waals surface area contributed by atoms with Gasteiger partial charge in [0.25, 0.3) is 5.56 Å². The molecule has 2 aromatic rings. The Bertz CT molecular complexity index is 671. The van der Waals surface area contributed by atoms with Crippen LogP contribution in [-0.2, 0) is 6.54 Å². The number of aromatic amines is 1. The molecular weight excluding hydrogens is 296 g/mol. The molecule has 0 aliphatic rings. The van der Waals surface area contributed by atoms with Crippen LogP contribution in [0.5, 0.6) is 0 Å². The molecule has 4 nitrogen and oxygen atoms in total. The van der Waals surface area contributed by atoms with Crippen LogP contribution >= 0.6 is 15.9 Å². The van der Waals surface area contributed by atoms with Gasteiger partial charge in [0, 0.05) is 12.7 Å². The molecule has 1 heterocycles. The van der Waals surface area contributed by atoms with Crippen molar-refractivity contribution in [2.24, 2.45) is 0 Å². The van der Waals surface area contributed by atoms with E-state index in [1.807, 2.05) is 42.5 Å². The first-order valence-corrected chi connectivity index (χ1v) is 6.17. The number of hydrogen-bond acceptors (Lipinski definition) is 2. The zero-order valence-electron chi connectivity index (χ0n) is 9.47. The number of nitrogens with zero attached hydrogens (tertiary/aromatic N) is 1. The van der Waals surface area contributed by atoms with Gasteiger partial charge in [0.2, 0.25) is 0 Å². The van der Waals surface area contributed by atoms with Gasteiger partial charge in [0.1, 0.15) is 0 Å². The predicted molar refractivity (Wildman–Crippen MR) is 74.5 cm³/mol. The molecule has 92 valence electrons. The molecule has 0 amide bonds. The minimum atomic E-state index is -0.416. The van der Waals surface area contributed by atoms with Crippen LogP contribution in [0.1, 0.15) is 5.56 Å². The molecule has 2 rings (SSSR count). The van der Waals surface area contributed by atoms with E-state index in [0.29, 0.717) is 11.0 Å². The molecule has 0 atom stereocenters. The Labute approximate surface area is 112 Å². The third kappa shape index (κ3) is 3.07. The van der Waals surface area contributed by atoms with E-state index >= 15 is 0 Å². The first-order valence-electron chi connectivity index (χ1n) is 5.37. The summed E-state index contributed by atoms with van der Waals surface area (Å²) in [5, 5.41) is 0. The highest BCUT2D eigenvalue weighted by Crippen LogP contribution is 2.02. The average molecular weight is 307 g/mol. The normalized spacial score (nSPS) is 10.9. The topological polar surface area (TPSA) is 54.9 Å². The third-order valence-electron chi connectivity index (χ3n) is 2.38. The summed E-state index contributed by atoms with van der Waals surface area (Å²) in [7, 11) is 0. The van der Waals surface area contributed by atoms with Crippen LogP contribution in [0.3, 0.4) is 0 Å². The fraction of sp³-hybridized carbons (Fsp3) is 0.0769. The van der Waals surface area contributed by atoms with E-state index in [2.05, 4.69) is 20.9 Å². The van der Waals surface area contributed by atoms with Crippen molar-refractivity contribution in [3.05, 3.63) is 73.5 Å². The number of rotatable bonds is 3. The smallest absolute Gasteiger partial charge is 0.296 e. The molecule has 0 bridgehead atoms. The second kappa shape index (κ2) is 5.64. The van der Waals surface area contributed by atoms with Crippen molar-refractivity contribution in [1.82, 2.24) is 9.55 Å². The molecule has 1 aromatic heterocycles. The van der Waals surface area contributed by atoms with Crippen LogP contribution in [0.15, 0.2) is 56.7 Å². The molecule has 0 aliphatic heterocycles.